The van der Waals surface area contributed by atoms with Crippen molar-refractivity contribution < 1.29 is 27.5 Å². The number of unbranched alkanes of at least 4 members (excludes halogenated alkanes) is 1. The number of imidazole rings is 1. The minimum Gasteiger partial charge on any atom is -0.465 e. The van der Waals surface area contributed by atoms with E-state index in [0.29, 0.717) is 36.6 Å². The summed E-state index contributed by atoms with van der Waals surface area (Å²) < 4.78 is 36.8. The van der Waals surface area contributed by atoms with Gasteiger partial charge in [0, 0.05) is 19.3 Å². The summed E-state index contributed by atoms with van der Waals surface area (Å²) in [5, 5.41) is 0. The van der Waals surface area contributed by atoms with Crippen LogP contribution in [0.4, 0.5) is 4.79 Å². The van der Waals surface area contributed by atoms with Crippen molar-refractivity contribution in [3.8, 4) is 0 Å². The number of methoxy groups -OCH3 is 1. The molecule has 31 heavy (non-hydrogen) atoms. The Morgan fingerprint density at radius 2 is 1.97 bits per heavy atom. The zero-order chi connectivity index (χ0) is 22.9. The molecule has 1 aliphatic rings. The molecule has 0 saturated carbocycles. The molecule has 0 N–H and O–H groups in total. The van der Waals surface area contributed by atoms with Crippen LogP contribution >= 0.6 is 0 Å². The minimum absolute atomic E-state index is 0.0454. The van der Waals surface area contributed by atoms with E-state index in [2.05, 4.69) is 0 Å². The van der Waals surface area contributed by atoms with Crippen LogP contribution in [0.3, 0.4) is 0 Å². The molecule has 0 aliphatic carbocycles. The number of hydrogen-bond acceptors (Lipinski definition) is 7. The summed E-state index contributed by atoms with van der Waals surface area (Å²) in [6, 6.07) is 2.59. The van der Waals surface area contributed by atoms with E-state index < -0.39 is 15.8 Å². The third kappa shape index (κ3) is 4.39. The van der Waals surface area contributed by atoms with E-state index in [1.807, 2.05) is 25.3 Å². The van der Waals surface area contributed by atoms with E-state index in [-0.39, 0.29) is 28.5 Å². The molecule has 1 aliphatic heterocycles. The van der Waals surface area contributed by atoms with Crippen LogP contribution in [-0.4, -0.2) is 61.4 Å². The van der Waals surface area contributed by atoms with Crippen molar-refractivity contribution >= 4 is 32.9 Å². The maximum Gasteiger partial charge on any atom is 0.410 e. The van der Waals surface area contributed by atoms with Gasteiger partial charge in [0.2, 0.25) is 0 Å². The Kier molecular flexibility index (Phi) is 6.59. The van der Waals surface area contributed by atoms with E-state index in [9.17, 15) is 18.0 Å². The van der Waals surface area contributed by atoms with Gasteiger partial charge in [-0.1, -0.05) is 27.2 Å². The normalized spacial score (nSPS) is 16.5. The van der Waals surface area contributed by atoms with E-state index in [1.165, 1.54) is 19.2 Å². The Bertz CT molecular complexity index is 1110. The molecular weight excluding hydrogens is 422 g/mol. The number of nitrogens with zero attached hydrogens (tertiary/aromatic N) is 3. The van der Waals surface area contributed by atoms with Crippen LogP contribution in [-0.2, 0) is 25.9 Å². The molecule has 9 nitrogen and oxygen atoms in total. The largest absolute Gasteiger partial charge is 0.465 e. The summed E-state index contributed by atoms with van der Waals surface area (Å²) in [6.07, 6.45) is 2.41. The first-order valence-electron chi connectivity index (χ1n) is 10.4. The molecule has 1 aromatic carbocycles. The molecule has 0 spiro atoms. The third-order valence-corrected chi connectivity index (χ3v) is 6.57. The van der Waals surface area contributed by atoms with Gasteiger partial charge in [-0.05, 0) is 24.5 Å². The molecule has 1 aromatic heterocycles. The van der Waals surface area contributed by atoms with Crippen LogP contribution in [0.5, 0.6) is 0 Å². The van der Waals surface area contributed by atoms with Gasteiger partial charge in [-0.25, -0.2) is 23.0 Å². The van der Waals surface area contributed by atoms with Crippen molar-refractivity contribution in [1.29, 1.82) is 0 Å². The molecule has 0 fully saturated rings. The molecule has 1 unspecified atom stereocenters. The second-order valence-electron chi connectivity index (χ2n) is 8.07. The number of benzene rings is 1. The number of carbonyl (C=O) groups excluding carboxylic acids is 2. The molecule has 10 heteroatoms. The van der Waals surface area contributed by atoms with Gasteiger partial charge in [0.1, 0.15) is 5.82 Å². The summed E-state index contributed by atoms with van der Waals surface area (Å²) >= 11 is 0. The number of aromatic nitrogens is 2. The van der Waals surface area contributed by atoms with Gasteiger partial charge in [0.05, 0.1) is 41.3 Å². The van der Waals surface area contributed by atoms with E-state index >= 15 is 0 Å². The second-order valence-corrected chi connectivity index (χ2v) is 10.1. The zero-order valence-electron chi connectivity index (χ0n) is 18.5. The fourth-order valence-corrected chi connectivity index (χ4v) is 4.81. The number of amides is 1. The van der Waals surface area contributed by atoms with Crippen LogP contribution in [0.2, 0.25) is 0 Å². The van der Waals surface area contributed by atoms with Crippen LogP contribution < -0.4 is 0 Å². The van der Waals surface area contributed by atoms with E-state index in [4.69, 9.17) is 14.5 Å². The lowest BCUT2D eigenvalue weighted by molar-refractivity contribution is 0.0594. The highest BCUT2D eigenvalue weighted by Crippen LogP contribution is 2.36. The van der Waals surface area contributed by atoms with Gasteiger partial charge in [-0.3, -0.25) is 4.90 Å². The summed E-state index contributed by atoms with van der Waals surface area (Å²) in [4.78, 5) is 31.2. The first-order chi connectivity index (χ1) is 14.6. The molecule has 3 rings (SSSR count). The third-order valence-electron chi connectivity index (χ3n) is 5.44. The Hall–Kier alpha value is -2.62. The lowest BCUT2D eigenvalue weighted by Gasteiger charge is -2.37. The summed E-state index contributed by atoms with van der Waals surface area (Å²) in [7, 11) is -2.48. The SMILES string of the molecule is CCCCOC(=O)N1CCn2c(nc3cc(C(=O)OC)c(S(C)(=O)=O)cc32)C1C(C)C. The lowest BCUT2D eigenvalue weighted by Crippen LogP contribution is -2.44. The number of esters is 1. The Labute approximate surface area is 182 Å². The first kappa shape index (κ1) is 23.1. The maximum atomic E-state index is 12.7. The highest BCUT2D eigenvalue weighted by atomic mass is 32.2. The molecule has 2 heterocycles. The first-order valence-corrected chi connectivity index (χ1v) is 12.2. The number of carbonyl (C=O) groups is 2. The molecule has 0 bridgehead atoms. The second kappa shape index (κ2) is 8.86. The fraction of sp³-hybridized carbons (Fsp3) is 0.571. The monoisotopic (exact) mass is 451 g/mol. The van der Waals surface area contributed by atoms with E-state index in [1.54, 1.807) is 4.90 Å². The fourth-order valence-electron chi connectivity index (χ4n) is 3.94. The average Bonchev–Trinajstić information content (AvgIpc) is 3.08. The summed E-state index contributed by atoms with van der Waals surface area (Å²) in [5.74, 6) is -0.0518. The minimum atomic E-state index is -3.68. The highest BCUT2D eigenvalue weighted by molar-refractivity contribution is 7.90. The van der Waals surface area contributed by atoms with Crippen LogP contribution in [0, 0.1) is 5.92 Å². The molecular formula is C21H29N3O6S. The van der Waals surface area contributed by atoms with Crippen molar-refractivity contribution in [2.75, 3.05) is 26.5 Å². The average molecular weight is 452 g/mol. The van der Waals surface area contributed by atoms with Crippen molar-refractivity contribution in [2.45, 2.75) is 51.1 Å². The number of rotatable bonds is 6. The van der Waals surface area contributed by atoms with Crippen molar-refractivity contribution in [1.82, 2.24) is 14.5 Å². The van der Waals surface area contributed by atoms with Crippen LogP contribution in [0.15, 0.2) is 17.0 Å². The zero-order valence-corrected chi connectivity index (χ0v) is 19.4. The smallest absolute Gasteiger partial charge is 0.410 e. The standard InChI is InChI=1S/C21H29N3O6S/c1-6-7-10-30-21(26)24-9-8-23-16-12-17(31(5,27)28)14(20(25)29-4)11-15(16)22-19(23)18(24)13(2)3/h11-13,18H,6-10H2,1-5H3. The molecule has 2 aromatic rings. The van der Waals surface area contributed by atoms with Gasteiger partial charge in [0.15, 0.2) is 9.84 Å². The summed E-state index contributed by atoms with van der Waals surface area (Å²) in [5.41, 5.74) is 1.03. The predicted molar refractivity (Wildman–Crippen MR) is 115 cm³/mol. The van der Waals surface area contributed by atoms with Crippen molar-refractivity contribution in [3.63, 3.8) is 0 Å². The van der Waals surface area contributed by atoms with Gasteiger partial charge >= 0.3 is 12.1 Å². The highest BCUT2D eigenvalue weighted by Gasteiger charge is 2.37. The quantitative estimate of drug-likeness (QED) is 0.490. The Morgan fingerprint density at radius 1 is 1.26 bits per heavy atom. The van der Waals surface area contributed by atoms with Gasteiger partial charge in [-0.15, -0.1) is 0 Å². The summed E-state index contributed by atoms with van der Waals surface area (Å²) in [6.45, 7) is 7.24. The van der Waals surface area contributed by atoms with E-state index in [0.717, 1.165) is 19.1 Å². The maximum absolute atomic E-state index is 12.7. The molecule has 1 amide bonds. The number of ether oxygens (including phenoxy) is 2. The Morgan fingerprint density at radius 3 is 2.55 bits per heavy atom. The predicted octanol–water partition coefficient (Wildman–Crippen LogP) is 3.18. The topological polar surface area (TPSA) is 108 Å². The van der Waals surface area contributed by atoms with Gasteiger partial charge in [-0.2, -0.15) is 0 Å². The molecule has 0 saturated heterocycles. The number of hydrogen-bond donors (Lipinski definition) is 0. The number of fused-ring (bicyclic) bond motifs is 3. The van der Waals surface area contributed by atoms with Crippen molar-refractivity contribution in [2.24, 2.45) is 5.92 Å². The Balaban J connectivity index is 2.12. The molecule has 0 radical (unpaired) electrons. The molecule has 170 valence electrons. The van der Waals surface area contributed by atoms with Crippen molar-refractivity contribution in [3.05, 3.63) is 23.5 Å². The van der Waals surface area contributed by atoms with Crippen LogP contribution in [0.25, 0.3) is 11.0 Å². The van der Waals surface area contributed by atoms with Gasteiger partial charge < -0.3 is 14.0 Å². The van der Waals surface area contributed by atoms with Gasteiger partial charge in [0.25, 0.3) is 0 Å². The molecule has 1 atom stereocenters. The lowest BCUT2D eigenvalue weighted by atomic mass is 10.0. The van der Waals surface area contributed by atoms with Crippen LogP contribution in [0.1, 0.15) is 55.8 Å². The number of sulfone groups is 1.